The van der Waals surface area contributed by atoms with Crippen molar-refractivity contribution in [3.8, 4) is 5.75 Å². The molecule has 4 aromatic rings. The smallest absolute Gasteiger partial charge is 0.146 e. The third-order valence-corrected chi connectivity index (χ3v) is 5.51. The number of hydrogen-bond donors (Lipinski definition) is 2. The average molecular weight is 451 g/mol. The Labute approximate surface area is 192 Å². The minimum absolute atomic E-state index is 0.0113. The lowest BCUT2D eigenvalue weighted by molar-refractivity contribution is 0.248. The molecule has 166 valence electrons. The predicted octanol–water partition coefficient (Wildman–Crippen LogP) is 5.74. The van der Waals surface area contributed by atoms with Gasteiger partial charge in [-0.1, -0.05) is 43.6 Å². The summed E-state index contributed by atoms with van der Waals surface area (Å²) in [5.74, 6) is 1.90. The molecule has 2 aromatic carbocycles. The van der Waals surface area contributed by atoms with Crippen LogP contribution in [0.4, 0.5) is 11.5 Å². The summed E-state index contributed by atoms with van der Waals surface area (Å²) in [6.45, 7) is 4.72. The first-order valence-corrected chi connectivity index (χ1v) is 11.1. The SMILES string of the molecule is CC(C)CC(CO)N(c1cccc(COc2cccc(Cl)c2)c1)c1ncnc2[nH]ccc12. The minimum atomic E-state index is -0.132. The third-order valence-electron chi connectivity index (χ3n) is 5.27. The number of anilines is 2. The van der Waals surface area contributed by atoms with E-state index >= 15 is 0 Å². The Kier molecular flexibility index (Phi) is 6.93. The van der Waals surface area contributed by atoms with Crippen molar-refractivity contribution in [3.63, 3.8) is 0 Å². The standard InChI is InChI=1S/C25H27ClN4O2/c1-17(2)11-21(14-31)30(25-23-9-10-27-24(23)28-16-29-25)20-7-3-5-18(12-20)15-32-22-8-4-6-19(26)13-22/h3-10,12-13,16-17,21,31H,11,14-15H2,1-2H3,(H,27,28,29). The molecule has 1 unspecified atom stereocenters. The van der Waals surface area contributed by atoms with Gasteiger partial charge in [-0.25, -0.2) is 9.97 Å². The molecule has 7 heteroatoms. The first-order valence-electron chi connectivity index (χ1n) is 10.7. The van der Waals surface area contributed by atoms with Gasteiger partial charge < -0.3 is 19.7 Å². The van der Waals surface area contributed by atoms with Crippen LogP contribution in [-0.4, -0.2) is 32.7 Å². The quantitative estimate of drug-likeness (QED) is 0.340. The van der Waals surface area contributed by atoms with Crippen molar-refractivity contribution in [2.45, 2.75) is 32.9 Å². The number of benzene rings is 2. The maximum absolute atomic E-state index is 10.3. The topological polar surface area (TPSA) is 74.3 Å². The van der Waals surface area contributed by atoms with Crippen LogP contribution in [0.25, 0.3) is 11.0 Å². The van der Waals surface area contributed by atoms with Crippen LogP contribution in [0.2, 0.25) is 5.02 Å². The number of ether oxygens (including phenoxy) is 1. The first-order chi connectivity index (χ1) is 15.5. The molecule has 0 amide bonds. The van der Waals surface area contributed by atoms with Crippen LogP contribution in [0.15, 0.2) is 67.1 Å². The Bertz CT molecular complexity index is 1180. The molecular formula is C25H27ClN4O2. The molecule has 0 aliphatic carbocycles. The van der Waals surface area contributed by atoms with Crippen molar-refractivity contribution in [2.75, 3.05) is 11.5 Å². The zero-order valence-corrected chi connectivity index (χ0v) is 19.0. The zero-order chi connectivity index (χ0) is 22.5. The van der Waals surface area contributed by atoms with Crippen LogP contribution >= 0.6 is 11.6 Å². The summed E-state index contributed by atoms with van der Waals surface area (Å²) < 4.78 is 5.94. The molecule has 1 atom stereocenters. The zero-order valence-electron chi connectivity index (χ0n) is 18.2. The molecule has 0 fully saturated rings. The Balaban J connectivity index is 1.69. The van der Waals surface area contributed by atoms with Gasteiger partial charge in [0.15, 0.2) is 0 Å². The van der Waals surface area contributed by atoms with Gasteiger partial charge in [-0.3, -0.25) is 0 Å². The maximum atomic E-state index is 10.3. The number of aliphatic hydroxyl groups is 1. The maximum Gasteiger partial charge on any atom is 0.146 e. The number of fused-ring (bicyclic) bond motifs is 1. The monoisotopic (exact) mass is 450 g/mol. The summed E-state index contributed by atoms with van der Waals surface area (Å²) in [5, 5.41) is 11.9. The fourth-order valence-corrected chi connectivity index (χ4v) is 4.06. The summed E-state index contributed by atoms with van der Waals surface area (Å²) in [6.07, 6.45) is 4.22. The van der Waals surface area contributed by atoms with Gasteiger partial charge in [-0.05, 0) is 54.3 Å². The summed E-state index contributed by atoms with van der Waals surface area (Å²) >= 11 is 6.07. The lowest BCUT2D eigenvalue weighted by Crippen LogP contribution is -2.36. The van der Waals surface area contributed by atoms with E-state index in [1.807, 2.05) is 48.7 Å². The van der Waals surface area contributed by atoms with Crippen LogP contribution in [0.5, 0.6) is 5.75 Å². The van der Waals surface area contributed by atoms with Crippen molar-refractivity contribution >= 4 is 34.1 Å². The number of nitrogens with one attached hydrogen (secondary N) is 1. The van der Waals surface area contributed by atoms with Crippen LogP contribution in [0, 0.1) is 5.92 Å². The van der Waals surface area contributed by atoms with Gasteiger partial charge in [0.05, 0.1) is 18.0 Å². The number of H-pyrrole nitrogens is 1. The molecule has 0 aliphatic rings. The van der Waals surface area contributed by atoms with Crippen molar-refractivity contribution in [3.05, 3.63) is 77.7 Å². The highest BCUT2D eigenvalue weighted by molar-refractivity contribution is 6.30. The van der Waals surface area contributed by atoms with E-state index in [-0.39, 0.29) is 12.6 Å². The lowest BCUT2D eigenvalue weighted by Gasteiger charge is -2.33. The average Bonchev–Trinajstić information content (AvgIpc) is 3.27. The highest BCUT2D eigenvalue weighted by Crippen LogP contribution is 2.33. The molecule has 2 N–H and O–H groups in total. The van der Waals surface area contributed by atoms with Crippen molar-refractivity contribution in [1.82, 2.24) is 15.0 Å². The van der Waals surface area contributed by atoms with Gasteiger partial charge in [0.1, 0.15) is 30.1 Å². The fourth-order valence-electron chi connectivity index (χ4n) is 3.88. The van der Waals surface area contributed by atoms with Crippen LogP contribution in [0.1, 0.15) is 25.8 Å². The van der Waals surface area contributed by atoms with E-state index in [2.05, 4.69) is 39.8 Å². The number of nitrogens with zero attached hydrogens (tertiary/aromatic N) is 3. The molecule has 0 radical (unpaired) electrons. The second-order valence-corrected chi connectivity index (χ2v) is 8.63. The highest BCUT2D eigenvalue weighted by atomic mass is 35.5. The molecule has 2 aromatic heterocycles. The number of aliphatic hydroxyl groups excluding tert-OH is 1. The largest absolute Gasteiger partial charge is 0.489 e. The van der Waals surface area contributed by atoms with Gasteiger partial charge in [-0.2, -0.15) is 0 Å². The predicted molar refractivity (Wildman–Crippen MR) is 129 cm³/mol. The third kappa shape index (κ3) is 5.03. The molecular weight excluding hydrogens is 424 g/mol. The molecule has 32 heavy (non-hydrogen) atoms. The summed E-state index contributed by atoms with van der Waals surface area (Å²) in [4.78, 5) is 14.2. The number of rotatable bonds is 9. The molecule has 0 saturated heterocycles. The Morgan fingerprint density at radius 1 is 1.09 bits per heavy atom. The Hall–Kier alpha value is -3.09. The lowest BCUT2D eigenvalue weighted by atomic mass is 10.0. The van der Waals surface area contributed by atoms with E-state index in [1.54, 1.807) is 12.4 Å². The number of aromatic amines is 1. The van der Waals surface area contributed by atoms with Crippen molar-refractivity contribution in [2.24, 2.45) is 5.92 Å². The van der Waals surface area contributed by atoms with E-state index in [0.29, 0.717) is 17.5 Å². The van der Waals surface area contributed by atoms with E-state index < -0.39 is 0 Å². The number of halogens is 1. The minimum Gasteiger partial charge on any atom is -0.489 e. The van der Waals surface area contributed by atoms with E-state index in [4.69, 9.17) is 16.3 Å². The second-order valence-electron chi connectivity index (χ2n) is 8.19. The van der Waals surface area contributed by atoms with Gasteiger partial charge in [0, 0.05) is 16.9 Å². The molecule has 0 aliphatic heterocycles. The number of hydrogen-bond acceptors (Lipinski definition) is 5. The van der Waals surface area contributed by atoms with E-state index in [1.165, 1.54) is 0 Å². The normalized spacial score (nSPS) is 12.3. The van der Waals surface area contributed by atoms with Crippen molar-refractivity contribution < 1.29 is 9.84 Å². The second kappa shape index (κ2) is 10.0. The molecule has 6 nitrogen and oxygen atoms in total. The van der Waals surface area contributed by atoms with Gasteiger partial charge in [0.2, 0.25) is 0 Å². The van der Waals surface area contributed by atoms with Crippen LogP contribution < -0.4 is 9.64 Å². The Morgan fingerprint density at radius 3 is 2.72 bits per heavy atom. The summed E-state index contributed by atoms with van der Waals surface area (Å²) in [6, 6.07) is 17.3. The highest BCUT2D eigenvalue weighted by Gasteiger charge is 2.25. The van der Waals surface area contributed by atoms with Crippen LogP contribution in [0.3, 0.4) is 0 Å². The van der Waals surface area contributed by atoms with Gasteiger partial charge in [0.25, 0.3) is 0 Å². The van der Waals surface area contributed by atoms with Gasteiger partial charge in [-0.15, -0.1) is 0 Å². The Morgan fingerprint density at radius 2 is 1.94 bits per heavy atom. The molecule has 2 heterocycles. The van der Waals surface area contributed by atoms with Crippen LogP contribution in [-0.2, 0) is 6.61 Å². The molecule has 0 spiro atoms. The molecule has 4 rings (SSSR count). The fraction of sp³-hybridized carbons (Fsp3) is 0.280. The number of aromatic nitrogens is 3. The van der Waals surface area contributed by atoms with Crippen molar-refractivity contribution in [1.29, 1.82) is 0 Å². The summed E-state index contributed by atoms with van der Waals surface area (Å²) in [7, 11) is 0. The molecule has 0 bridgehead atoms. The molecule has 0 saturated carbocycles. The first kappa shape index (κ1) is 22.1. The summed E-state index contributed by atoms with van der Waals surface area (Å²) in [5.41, 5.74) is 2.72. The van der Waals surface area contributed by atoms with E-state index in [9.17, 15) is 5.11 Å². The van der Waals surface area contributed by atoms with E-state index in [0.717, 1.165) is 40.3 Å². The van der Waals surface area contributed by atoms with Gasteiger partial charge >= 0.3 is 0 Å².